The molecule has 11 heavy (non-hydrogen) atoms. The largest absolute Gasteiger partial charge is 0.465 e. The summed E-state index contributed by atoms with van der Waals surface area (Å²) in [6, 6.07) is 0. The molecule has 0 N–H and O–H groups in total. The van der Waals surface area contributed by atoms with Gasteiger partial charge in [0, 0.05) is 6.42 Å². The minimum atomic E-state index is -0.449. The molecule has 0 aromatic carbocycles. The normalized spacial score (nSPS) is 23.7. The van der Waals surface area contributed by atoms with Crippen molar-refractivity contribution in [2.45, 2.75) is 26.2 Å². The minimum absolute atomic E-state index is 0.0449. The summed E-state index contributed by atoms with van der Waals surface area (Å²) in [7, 11) is 0. The van der Waals surface area contributed by atoms with Gasteiger partial charge in [0.15, 0.2) is 0 Å². The lowest BCUT2D eigenvalue weighted by Crippen LogP contribution is -2.21. The first-order valence-electron chi connectivity index (χ1n) is 3.95. The molecule has 0 bridgehead atoms. The first-order valence-corrected chi connectivity index (χ1v) is 3.95. The number of hydrogen-bond donors (Lipinski definition) is 0. The van der Waals surface area contributed by atoms with Crippen LogP contribution in [-0.4, -0.2) is 18.4 Å². The van der Waals surface area contributed by atoms with Crippen LogP contribution < -0.4 is 0 Å². The van der Waals surface area contributed by atoms with Crippen LogP contribution in [0.4, 0.5) is 0 Å². The van der Waals surface area contributed by atoms with Crippen molar-refractivity contribution >= 4 is 11.8 Å². The van der Waals surface area contributed by atoms with Crippen LogP contribution in [0.15, 0.2) is 0 Å². The average Bonchev–Trinajstić information content (AvgIpc) is 2.36. The van der Waals surface area contributed by atoms with Gasteiger partial charge in [-0.3, -0.25) is 9.59 Å². The van der Waals surface area contributed by atoms with Crippen LogP contribution in [0.3, 0.4) is 0 Å². The predicted molar refractivity (Wildman–Crippen MR) is 39.0 cm³/mol. The Morgan fingerprint density at radius 2 is 2.45 bits per heavy atom. The fraction of sp³-hybridized carbons (Fsp3) is 0.750. The van der Waals surface area contributed by atoms with E-state index in [0.29, 0.717) is 19.4 Å². The van der Waals surface area contributed by atoms with E-state index in [1.54, 1.807) is 6.92 Å². The quantitative estimate of drug-likeness (QED) is 0.441. The van der Waals surface area contributed by atoms with Gasteiger partial charge in [0.1, 0.15) is 11.7 Å². The van der Waals surface area contributed by atoms with Crippen molar-refractivity contribution in [3.63, 3.8) is 0 Å². The van der Waals surface area contributed by atoms with Crippen LogP contribution >= 0.6 is 0 Å². The molecule has 1 aliphatic carbocycles. The highest BCUT2D eigenvalue weighted by molar-refractivity contribution is 6.00. The summed E-state index contributed by atoms with van der Waals surface area (Å²) in [6.07, 6.45) is 2.06. The Hall–Kier alpha value is -0.860. The molecule has 1 rings (SSSR count). The van der Waals surface area contributed by atoms with E-state index in [-0.39, 0.29) is 11.8 Å². The van der Waals surface area contributed by atoms with Gasteiger partial charge in [0.05, 0.1) is 6.61 Å². The molecule has 3 nitrogen and oxygen atoms in total. The fourth-order valence-corrected chi connectivity index (χ4v) is 1.31. The van der Waals surface area contributed by atoms with E-state index in [0.717, 1.165) is 6.42 Å². The first kappa shape index (κ1) is 8.24. The van der Waals surface area contributed by atoms with Gasteiger partial charge in [0.25, 0.3) is 0 Å². The van der Waals surface area contributed by atoms with E-state index >= 15 is 0 Å². The lowest BCUT2D eigenvalue weighted by Gasteiger charge is -2.05. The molecule has 1 atom stereocenters. The number of carbonyl (C=O) groups is 2. The summed E-state index contributed by atoms with van der Waals surface area (Å²) in [5, 5.41) is 0. The third-order valence-electron chi connectivity index (χ3n) is 1.88. The lowest BCUT2D eigenvalue weighted by atomic mass is 10.1. The Morgan fingerprint density at radius 1 is 1.73 bits per heavy atom. The van der Waals surface area contributed by atoms with Crippen LogP contribution in [0.5, 0.6) is 0 Å². The van der Waals surface area contributed by atoms with Gasteiger partial charge >= 0.3 is 5.97 Å². The second-order valence-corrected chi connectivity index (χ2v) is 2.66. The van der Waals surface area contributed by atoms with Crippen LogP contribution in [0.1, 0.15) is 26.2 Å². The number of carbonyl (C=O) groups excluding carboxylic acids is 2. The van der Waals surface area contributed by atoms with E-state index in [2.05, 4.69) is 0 Å². The fourth-order valence-electron chi connectivity index (χ4n) is 1.31. The molecule has 1 aliphatic rings. The van der Waals surface area contributed by atoms with E-state index in [9.17, 15) is 9.59 Å². The van der Waals surface area contributed by atoms with Crippen molar-refractivity contribution in [1.29, 1.82) is 0 Å². The number of Topliss-reactive ketones (excluding diaryl/α,β-unsaturated/α-hetero) is 1. The van der Waals surface area contributed by atoms with Crippen LogP contribution in [0, 0.1) is 5.92 Å². The van der Waals surface area contributed by atoms with E-state index in [1.165, 1.54) is 0 Å². The summed E-state index contributed by atoms with van der Waals surface area (Å²) in [6.45, 7) is 2.11. The lowest BCUT2D eigenvalue weighted by molar-refractivity contribution is -0.150. The van der Waals surface area contributed by atoms with Crippen LogP contribution in [0.25, 0.3) is 0 Å². The highest BCUT2D eigenvalue weighted by Gasteiger charge is 2.31. The third kappa shape index (κ3) is 1.79. The molecule has 0 unspecified atom stereocenters. The standard InChI is InChI=1S/C8H12O3/c1-2-11-8(10)6-4-3-5-7(6)9/h6H,2-5H2,1H3/t6-/m0/s1. The Labute approximate surface area is 65.7 Å². The van der Waals surface area contributed by atoms with Gasteiger partial charge < -0.3 is 4.74 Å². The summed E-state index contributed by atoms with van der Waals surface area (Å²) in [5.41, 5.74) is 0. The van der Waals surface area contributed by atoms with Crippen molar-refractivity contribution < 1.29 is 14.3 Å². The maximum Gasteiger partial charge on any atom is 0.316 e. The number of rotatable bonds is 2. The summed E-state index contributed by atoms with van der Waals surface area (Å²) in [4.78, 5) is 22.0. The second kappa shape index (κ2) is 3.51. The van der Waals surface area contributed by atoms with E-state index in [4.69, 9.17) is 4.74 Å². The molecule has 62 valence electrons. The van der Waals surface area contributed by atoms with Gasteiger partial charge in [0.2, 0.25) is 0 Å². The number of ketones is 1. The molecule has 1 saturated carbocycles. The Bertz CT molecular complexity index is 174. The molecule has 0 aromatic rings. The first-order chi connectivity index (χ1) is 5.25. The number of hydrogen-bond acceptors (Lipinski definition) is 3. The highest BCUT2D eigenvalue weighted by atomic mass is 16.5. The maximum absolute atomic E-state index is 11.0. The predicted octanol–water partition coefficient (Wildman–Crippen LogP) is 0.919. The van der Waals surface area contributed by atoms with Crippen molar-refractivity contribution in [2.75, 3.05) is 6.61 Å². The Balaban J connectivity index is 2.46. The molecule has 3 heteroatoms. The highest BCUT2D eigenvalue weighted by Crippen LogP contribution is 2.22. The van der Waals surface area contributed by atoms with Crippen LogP contribution in [0.2, 0.25) is 0 Å². The third-order valence-corrected chi connectivity index (χ3v) is 1.88. The van der Waals surface area contributed by atoms with Gasteiger partial charge in [-0.2, -0.15) is 0 Å². The molecular weight excluding hydrogens is 144 g/mol. The van der Waals surface area contributed by atoms with E-state index in [1.807, 2.05) is 0 Å². The van der Waals surface area contributed by atoms with Crippen molar-refractivity contribution in [1.82, 2.24) is 0 Å². The van der Waals surface area contributed by atoms with Crippen molar-refractivity contribution in [3.05, 3.63) is 0 Å². The molecule has 0 saturated heterocycles. The van der Waals surface area contributed by atoms with E-state index < -0.39 is 5.92 Å². The SMILES string of the molecule is CCOC(=O)[C@H]1CCCC1=O. The molecule has 0 spiro atoms. The van der Waals surface area contributed by atoms with Gasteiger partial charge in [-0.05, 0) is 19.8 Å². The average molecular weight is 156 g/mol. The maximum atomic E-state index is 11.0. The molecule has 0 aromatic heterocycles. The Kier molecular flexibility index (Phi) is 2.63. The second-order valence-electron chi connectivity index (χ2n) is 2.66. The van der Waals surface area contributed by atoms with Gasteiger partial charge in [-0.1, -0.05) is 0 Å². The van der Waals surface area contributed by atoms with Crippen LogP contribution in [-0.2, 0) is 14.3 Å². The Morgan fingerprint density at radius 3 is 2.91 bits per heavy atom. The zero-order valence-corrected chi connectivity index (χ0v) is 6.63. The molecule has 0 aliphatic heterocycles. The molecule has 1 fully saturated rings. The zero-order chi connectivity index (χ0) is 8.27. The summed E-state index contributed by atoms with van der Waals surface area (Å²) >= 11 is 0. The molecular formula is C8H12O3. The summed E-state index contributed by atoms with van der Waals surface area (Å²) in [5.74, 6) is -0.742. The zero-order valence-electron chi connectivity index (χ0n) is 6.63. The molecule has 0 radical (unpaired) electrons. The molecule has 0 heterocycles. The molecule has 0 amide bonds. The number of esters is 1. The number of ether oxygens (including phenoxy) is 1. The minimum Gasteiger partial charge on any atom is -0.465 e. The smallest absolute Gasteiger partial charge is 0.316 e. The summed E-state index contributed by atoms with van der Waals surface area (Å²) < 4.78 is 4.74. The van der Waals surface area contributed by atoms with Crippen molar-refractivity contribution in [3.8, 4) is 0 Å². The van der Waals surface area contributed by atoms with Crippen molar-refractivity contribution in [2.24, 2.45) is 5.92 Å². The monoisotopic (exact) mass is 156 g/mol. The topological polar surface area (TPSA) is 43.4 Å². The van der Waals surface area contributed by atoms with Gasteiger partial charge in [-0.25, -0.2) is 0 Å². The van der Waals surface area contributed by atoms with Gasteiger partial charge in [-0.15, -0.1) is 0 Å².